The average Bonchev–Trinajstić information content (AvgIpc) is 3.16. The summed E-state index contributed by atoms with van der Waals surface area (Å²) in [4.78, 5) is 12.2. The van der Waals surface area contributed by atoms with Crippen molar-refractivity contribution in [2.75, 3.05) is 19.8 Å². The predicted molar refractivity (Wildman–Crippen MR) is 233 cm³/mol. The van der Waals surface area contributed by atoms with Crippen molar-refractivity contribution in [3.63, 3.8) is 0 Å². The number of unbranched alkanes of at least 4 members (excludes halogenated alkanes) is 39. The van der Waals surface area contributed by atoms with Crippen LogP contribution >= 0.6 is 0 Å². The van der Waals surface area contributed by atoms with Gasteiger partial charge in [-0.15, -0.1) is 0 Å². The molecule has 0 heterocycles. The highest BCUT2D eigenvalue weighted by Gasteiger charge is 2.13. The third-order valence-corrected chi connectivity index (χ3v) is 11.4. The lowest BCUT2D eigenvalue weighted by Gasteiger charge is -2.16. The molecule has 0 amide bonds. The fourth-order valence-corrected chi connectivity index (χ4v) is 7.74. The predicted octanol–water partition coefficient (Wildman–Crippen LogP) is 16.3. The summed E-state index contributed by atoms with van der Waals surface area (Å²) in [6, 6.07) is 0. The molecule has 0 rings (SSSR count). The molecule has 4 nitrogen and oxygen atoms in total. The van der Waals surface area contributed by atoms with E-state index in [0.29, 0.717) is 19.6 Å². The van der Waals surface area contributed by atoms with Gasteiger partial charge in [0, 0.05) is 13.0 Å². The van der Waals surface area contributed by atoms with Crippen molar-refractivity contribution in [2.24, 2.45) is 0 Å². The summed E-state index contributed by atoms with van der Waals surface area (Å²) in [6.45, 7) is 5.42. The molecule has 53 heavy (non-hydrogen) atoms. The summed E-state index contributed by atoms with van der Waals surface area (Å²) in [5.41, 5.74) is 0. The van der Waals surface area contributed by atoms with Gasteiger partial charge in [0.1, 0.15) is 6.10 Å². The average molecular weight is 751 g/mol. The molecule has 0 aromatic carbocycles. The number of aliphatic hydroxyl groups excluding tert-OH is 1. The molecule has 318 valence electrons. The van der Waals surface area contributed by atoms with Crippen molar-refractivity contribution in [1.29, 1.82) is 0 Å². The van der Waals surface area contributed by atoms with E-state index in [-0.39, 0.29) is 12.6 Å². The summed E-state index contributed by atoms with van der Waals surface area (Å²) in [6.07, 6.45) is 56.2. The van der Waals surface area contributed by atoms with E-state index in [4.69, 9.17) is 9.47 Å². The van der Waals surface area contributed by atoms with Crippen LogP contribution in [0.3, 0.4) is 0 Å². The van der Waals surface area contributed by atoms with Gasteiger partial charge in [-0.05, 0) is 12.8 Å². The molecule has 0 aliphatic carbocycles. The Labute approximate surface area is 333 Å². The quantitative estimate of drug-likeness (QED) is 0.0497. The van der Waals surface area contributed by atoms with E-state index in [2.05, 4.69) is 13.8 Å². The zero-order valence-electron chi connectivity index (χ0n) is 36.6. The fraction of sp³-hybridized carbons (Fsp3) is 0.980. The van der Waals surface area contributed by atoms with Crippen molar-refractivity contribution < 1.29 is 19.4 Å². The minimum atomic E-state index is -0.525. The molecule has 0 fully saturated rings. The van der Waals surface area contributed by atoms with Crippen LogP contribution in [0.2, 0.25) is 0 Å². The van der Waals surface area contributed by atoms with Crippen molar-refractivity contribution in [1.82, 2.24) is 0 Å². The highest BCUT2D eigenvalue weighted by Crippen LogP contribution is 2.17. The summed E-state index contributed by atoms with van der Waals surface area (Å²) >= 11 is 0. The van der Waals surface area contributed by atoms with Crippen LogP contribution in [0.4, 0.5) is 0 Å². The highest BCUT2D eigenvalue weighted by molar-refractivity contribution is 5.69. The molecule has 0 aromatic rings. The Bertz CT molecular complexity index is 667. The fourth-order valence-electron chi connectivity index (χ4n) is 7.74. The first-order valence-corrected chi connectivity index (χ1v) is 24.6. The summed E-state index contributed by atoms with van der Waals surface area (Å²) in [7, 11) is 0. The SMILES string of the molecule is CCCCCCCCCCCCCCCCCCCCCCCCCCOCC(CO)OC(=O)CCCCCCCCCCCCCCCCCCC. The molecule has 0 bridgehead atoms. The maximum Gasteiger partial charge on any atom is 0.306 e. The number of ether oxygens (including phenoxy) is 2. The van der Waals surface area contributed by atoms with Crippen LogP contribution < -0.4 is 0 Å². The van der Waals surface area contributed by atoms with Crippen LogP contribution in [0.25, 0.3) is 0 Å². The van der Waals surface area contributed by atoms with Gasteiger partial charge in [0.25, 0.3) is 0 Å². The van der Waals surface area contributed by atoms with Gasteiger partial charge in [-0.2, -0.15) is 0 Å². The van der Waals surface area contributed by atoms with E-state index < -0.39 is 6.10 Å². The molecule has 4 heteroatoms. The van der Waals surface area contributed by atoms with Crippen LogP contribution in [0.15, 0.2) is 0 Å². The molecular formula is C49H98O4. The molecule has 0 spiro atoms. The standard InChI is InChI=1S/C49H98O4/c1-3-5-7-9-11-13-15-17-19-21-22-23-24-25-26-27-29-31-33-35-37-39-41-43-45-52-47-48(46-50)53-49(51)44-42-40-38-36-34-32-30-28-20-18-16-14-12-10-8-6-4-2/h48,50H,3-47H2,1-2H3. The van der Waals surface area contributed by atoms with Crippen LogP contribution in [-0.2, 0) is 14.3 Å². The van der Waals surface area contributed by atoms with Crippen LogP contribution in [0, 0.1) is 0 Å². The Morgan fingerprint density at radius 3 is 0.887 bits per heavy atom. The topological polar surface area (TPSA) is 55.8 Å². The van der Waals surface area contributed by atoms with Crippen molar-refractivity contribution in [2.45, 2.75) is 290 Å². The molecule has 0 aliphatic rings. The lowest BCUT2D eigenvalue weighted by molar-refractivity contribution is -0.154. The van der Waals surface area contributed by atoms with E-state index in [1.165, 1.54) is 244 Å². The van der Waals surface area contributed by atoms with Gasteiger partial charge in [-0.3, -0.25) is 4.79 Å². The summed E-state index contributed by atoms with van der Waals surface area (Å²) in [5, 5.41) is 9.63. The minimum Gasteiger partial charge on any atom is -0.457 e. The first-order chi connectivity index (χ1) is 26.2. The molecule has 0 saturated carbocycles. The summed E-state index contributed by atoms with van der Waals surface area (Å²) < 4.78 is 11.2. The molecular weight excluding hydrogens is 653 g/mol. The van der Waals surface area contributed by atoms with E-state index in [0.717, 1.165) is 19.3 Å². The van der Waals surface area contributed by atoms with Gasteiger partial charge in [0.15, 0.2) is 0 Å². The number of rotatable bonds is 47. The maximum absolute atomic E-state index is 12.2. The number of carbonyl (C=O) groups is 1. The highest BCUT2D eigenvalue weighted by atomic mass is 16.6. The van der Waals surface area contributed by atoms with Gasteiger partial charge < -0.3 is 14.6 Å². The van der Waals surface area contributed by atoms with Crippen LogP contribution in [0.5, 0.6) is 0 Å². The molecule has 1 N–H and O–H groups in total. The van der Waals surface area contributed by atoms with Crippen molar-refractivity contribution >= 4 is 5.97 Å². The van der Waals surface area contributed by atoms with E-state index in [1.54, 1.807) is 0 Å². The van der Waals surface area contributed by atoms with E-state index in [1.807, 2.05) is 0 Å². The molecule has 1 atom stereocenters. The Morgan fingerprint density at radius 1 is 0.377 bits per heavy atom. The second-order valence-electron chi connectivity index (χ2n) is 16.9. The van der Waals surface area contributed by atoms with Crippen LogP contribution in [-0.4, -0.2) is 37.0 Å². The zero-order valence-corrected chi connectivity index (χ0v) is 36.6. The van der Waals surface area contributed by atoms with Gasteiger partial charge >= 0.3 is 5.97 Å². The number of hydrogen-bond acceptors (Lipinski definition) is 4. The second-order valence-corrected chi connectivity index (χ2v) is 16.9. The second kappa shape index (κ2) is 47.5. The van der Waals surface area contributed by atoms with Gasteiger partial charge in [-0.25, -0.2) is 0 Å². The minimum absolute atomic E-state index is 0.162. The Morgan fingerprint density at radius 2 is 0.623 bits per heavy atom. The number of esters is 1. The maximum atomic E-state index is 12.2. The smallest absolute Gasteiger partial charge is 0.306 e. The number of hydrogen-bond donors (Lipinski definition) is 1. The van der Waals surface area contributed by atoms with Gasteiger partial charge in [-0.1, -0.05) is 264 Å². The van der Waals surface area contributed by atoms with E-state index >= 15 is 0 Å². The first-order valence-electron chi connectivity index (χ1n) is 24.6. The van der Waals surface area contributed by atoms with Crippen molar-refractivity contribution in [3.05, 3.63) is 0 Å². The van der Waals surface area contributed by atoms with Gasteiger partial charge in [0.05, 0.1) is 13.2 Å². The normalized spacial score (nSPS) is 12.1. The van der Waals surface area contributed by atoms with Gasteiger partial charge in [0.2, 0.25) is 0 Å². The van der Waals surface area contributed by atoms with Crippen molar-refractivity contribution in [3.8, 4) is 0 Å². The third-order valence-electron chi connectivity index (χ3n) is 11.4. The lowest BCUT2D eigenvalue weighted by Crippen LogP contribution is -2.27. The molecule has 0 aliphatic heterocycles. The van der Waals surface area contributed by atoms with Crippen LogP contribution in [0.1, 0.15) is 284 Å². The number of carbonyl (C=O) groups excluding carboxylic acids is 1. The zero-order chi connectivity index (χ0) is 38.4. The molecule has 0 saturated heterocycles. The van der Waals surface area contributed by atoms with E-state index in [9.17, 15) is 9.90 Å². The summed E-state index contributed by atoms with van der Waals surface area (Å²) in [5.74, 6) is -0.191. The first kappa shape index (κ1) is 52.4. The lowest BCUT2D eigenvalue weighted by atomic mass is 10.0. The third kappa shape index (κ3) is 45.7. The number of aliphatic hydroxyl groups is 1. The molecule has 1 unspecified atom stereocenters. The molecule has 0 aromatic heterocycles. The Balaban J connectivity index is 3.32. The molecule has 0 radical (unpaired) electrons. The Hall–Kier alpha value is -0.610. The Kier molecular flexibility index (Phi) is 47.0. The largest absolute Gasteiger partial charge is 0.457 e. The monoisotopic (exact) mass is 751 g/mol.